The number of rotatable bonds is 10. The van der Waals surface area contributed by atoms with Gasteiger partial charge < -0.3 is 10.2 Å². The molecule has 10 heteroatoms. The number of halogens is 2. The van der Waals surface area contributed by atoms with Gasteiger partial charge in [-0.05, 0) is 70.0 Å². The highest BCUT2D eigenvalue weighted by atomic mass is 35.5. The Labute approximate surface area is 241 Å². The summed E-state index contributed by atoms with van der Waals surface area (Å²) < 4.78 is 42.5. The molecule has 0 aromatic heterocycles. The van der Waals surface area contributed by atoms with Crippen molar-refractivity contribution in [2.75, 3.05) is 10.8 Å². The molecular formula is C30H35ClFN3O4S. The summed E-state index contributed by atoms with van der Waals surface area (Å²) in [6.07, 6.45) is 0.299. The first-order valence-corrected chi connectivity index (χ1v) is 14.7. The molecule has 0 radical (unpaired) electrons. The van der Waals surface area contributed by atoms with E-state index in [0.717, 1.165) is 21.5 Å². The maximum absolute atomic E-state index is 14.0. The number of nitrogens with zero attached hydrogens (tertiary/aromatic N) is 2. The smallest absolute Gasteiger partial charge is 0.264 e. The highest BCUT2D eigenvalue weighted by molar-refractivity contribution is 7.92. The number of carbonyl (C=O) groups excluding carboxylic acids is 2. The van der Waals surface area contributed by atoms with Gasteiger partial charge in [-0.3, -0.25) is 13.9 Å². The number of benzene rings is 3. The third-order valence-electron chi connectivity index (χ3n) is 6.16. The minimum absolute atomic E-state index is 0.0195. The van der Waals surface area contributed by atoms with Crippen molar-refractivity contribution in [3.63, 3.8) is 0 Å². The van der Waals surface area contributed by atoms with Crippen molar-refractivity contribution in [3.05, 3.63) is 94.8 Å². The number of carbonyl (C=O) groups is 2. The average molecular weight is 588 g/mol. The van der Waals surface area contributed by atoms with Crippen molar-refractivity contribution in [2.45, 2.75) is 64.1 Å². The number of hydrogen-bond acceptors (Lipinski definition) is 4. The van der Waals surface area contributed by atoms with E-state index in [1.165, 1.54) is 29.2 Å². The molecule has 0 spiro atoms. The third-order valence-corrected chi connectivity index (χ3v) is 8.24. The second kappa shape index (κ2) is 12.8. The monoisotopic (exact) mass is 587 g/mol. The fourth-order valence-electron chi connectivity index (χ4n) is 4.15. The van der Waals surface area contributed by atoms with Crippen LogP contribution in [-0.4, -0.2) is 43.3 Å². The molecule has 0 saturated heterocycles. The Morgan fingerprint density at radius 1 is 1.00 bits per heavy atom. The number of aryl methyl sites for hydroxylation is 1. The lowest BCUT2D eigenvalue weighted by atomic mass is 10.1. The Balaban J connectivity index is 2.08. The van der Waals surface area contributed by atoms with E-state index in [9.17, 15) is 22.4 Å². The Morgan fingerprint density at radius 2 is 1.62 bits per heavy atom. The van der Waals surface area contributed by atoms with E-state index >= 15 is 0 Å². The van der Waals surface area contributed by atoms with Crippen LogP contribution >= 0.6 is 11.6 Å². The van der Waals surface area contributed by atoms with E-state index in [0.29, 0.717) is 6.42 Å². The van der Waals surface area contributed by atoms with Gasteiger partial charge in [0.25, 0.3) is 10.0 Å². The van der Waals surface area contributed by atoms with Crippen LogP contribution in [0.3, 0.4) is 0 Å². The summed E-state index contributed by atoms with van der Waals surface area (Å²) in [4.78, 5) is 28.7. The van der Waals surface area contributed by atoms with Crippen LogP contribution in [0.1, 0.15) is 45.2 Å². The second-order valence-corrected chi connectivity index (χ2v) is 12.9. The van der Waals surface area contributed by atoms with Crippen molar-refractivity contribution in [1.82, 2.24) is 10.2 Å². The predicted molar refractivity (Wildman–Crippen MR) is 156 cm³/mol. The first kappa shape index (κ1) is 31.1. The van der Waals surface area contributed by atoms with Crippen LogP contribution < -0.4 is 9.62 Å². The molecule has 3 aromatic rings. The van der Waals surface area contributed by atoms with E-state index in [-0.39, 0.29) is 28.1 Å². The van der Waals surface area contributed by atoms with Crippen LogP contribution in [0.15, 0.2) is 77.7 Å². The molecular weight excluding hydrogens is 553 g/mol. The molecule has 40 heavy (non-hydrogen) atoms. The molecule has 0 unspecified atom stereocenters. The van der Waals surface area contributed by atoms with Crippen LogP contribution in [-0.2, 0) is 26.2 Å². The van der Waals surface area contributed by atoms with E-state index < -0.39 is 39.9 Å². The molecule has 3 aromatic carbocycles. The topological polar surface area (TPSA) is 86.8 Å². The Kier molecular flexibility index (Phi) is 9.97. The van der Waals surface area contributed by atoms with Crippen molar-refractivity contribution in [2.24, 2.45) is 0 Å². The zero-order valence-electron chi connectivity index (χ0n) is 23.3. The third kappa shape index (κ3) is 7.82. The van der Waals surface area contributed by atoms with Crippen LogP contribution in [0.25, 0.3) is 0 Å². The number of nitrogens with one attached hydrogen (secondary N) is 1. The Bertz CT molecular complexity index is 1440. The molecule has 0 aliphatic carbocycles. The lowest BCUT2D eigenvalue weighted by Gasteiger charge is -2.34. The number of anilines is 1. The second-order valence-electron chi connectivity index (χ2n) is 10.6. The van der Waals surface area contributed by atoms with E-state index in [4.69, 9.17) is 11.6 Å². The highest BCUT2D eigenvalue weighted by Crippen LogP contribution is 2.28. The summed E-state index contributed by atoms with van der Waals surface area (Å²) >= 11 is 6.00. The normalized spacial score (nSPS) is 12.5. The molecule has 0 aliphatic heterocycles. The van der Waals surface area contributed by atoms with Gasteiger partial charge in [0.1, 0.15) is 18.4 Å². The highest BCUT2D eigenvalue weighted by Gasteiger charge is 2.34. The maximum atomic E-state index is 14.0. The molecule has 1 N–H and O–H groups in total. The molecule has 0 aliphatic rings. The molecule has 1 atom stereocenters. The van der Waals surface area contributed by atoms with Gasteiger partial charge in [-0.15, -0.1) is 0 Å². The van der Waals surface area contributed by atoms with Crippen LogP contribution in [0.2, 0.25) is 5.02 Å². The molecule has 0 saturated carbocycles. The first-order chi connectivity index (χ1) is 18.7. The van der Waals surface area contributed by atoms with Gasteiger partial charge in [0, 0.05) is 12.1 Å². The maximum Gasteiger partial charge on any atom is 0.264 e. The Morgan fingerprint density at radius 3 is 2.17 bits per heavy atom. The fourth-order valence-corrected chi connectivity index (χ4v) is 5.75. The zero-order chi connectivity index (χ0) is 29.7. The van der Waals surface area contributed by atoms with Gasteiger partial charge in [0.05, 0.1) is 15.6 Å². The van der Waals surface area contributed by atoms with Gasteiger partial charge in [-0.2, -0.15) is 0 Å². The summed E-state index contributed by atoms with van der Waals surface area (Å²) in [6.45, 7) is 8.71. The molecule has 0 fully saturated rings. The van der Waals surface area contributed by atoms with Gasteiger partial charge >= 0.3 is 0 Å². The van der Waals surface area contributed by atoms with Crippen molar-refractivity contribution < 1.29 is 22.4 Å². The van der Waals surface area contributed by atoms with Crippen LogP contribution in [0, 0.1) is 12.7 Å². The molecule has 214 valence electrons. The summed E-state index contributed by atoms with van der Waals surface area (Å²) in [6, 6.07) is 17.8. The first-order valence-electron chi connectivity index (χ1n) is 12.9. The van der Waals surface area contributed by atoms with Crippen molar-refractivity contribution >= 4 is 39.1 Å². The minimum atomic E-state index is -4.27. The lowest BCUT2D eigenvalue weighted by molar-refractivity contribution is -0.141. The van der Waals surface area contributed by atoms with Crippen molar-refractivity contribution in [1.29, 1.82) is 0 Å². The quantitative estimate of drug-likeness (QED) is 0.329. The zero-order valence-corrected chi connectivity index (χ0v) is 24.9. The van der Waals surface area contributed by atoms with Gasteiger partial charge in [-0.25, -0.2) is 12.8 Å². The molecule has 2 amide bonds. The number of amides is 2. The lowest BCUT2D eigenvalue weighted by Crippen LogP contribution is -2.55. The summed E-state index contributed by atoms with van der Waals surface area (Å²) in [7, 11) is -4.27. The van der Waals surface area contributed by atoms with E-state index in [2.05, 4.69) is 5.32 Å². The standard InChI is InChI=1S/C30H35ClFN3O4S/c1-6-27(29(37)33-30(3,4)5)34(19-22-14-12-21(2)13-15-22)28(36)20-35(23-16-17-26(32)25(31)18-23)40(38,39)24-10-8-7-9-11-24/h7-18,27H,6,19-20H2,1-5H3,(H,33,37)/t27-/m1/s1. The summed E-state index contributed by atoms with van der Waals surface area (Å²) in [5.74, 6) is -1.67. The van der Waals surface area contributed by atoms with Crippen LogP contribution in [0.5, 0.6) is 0 Å². The molecule has 7 nitrogen and oxygen atoms in total. The molecule has 3 rings (SSSR count). The fraction of sp³-hybridized carbons (Fsp3) is 0.333. The number of sulfonamides is 1. The Hall–Kier alpha value is -3.43. The average Bonchev–Trinajstić information content (AvgIpc) is 2.89. The SMILES string of the molecule is CC[C@H](C(=O)NC(C)(C)C)N(Cc1ccc(C)cc1)C(=O)CN(c1ccc(F)c(Cl)c1)S(=O)(=O)c1ccccc1. The molecule has 0 bridgehead atoms. The van der Waals surface area contributed by atoms with E-state index in [1.807, 2.05) is 52.0 Å². The van der Waals surface area contributed by atoms with Gasteiger partial charge in [0.15, 0.2) is 0 Å². The van der Waals surface area contributed by atoms with Gasteiger partial charge in [0.2, 0.25) is 11.8 Å². The summed E-state index contributed by atoms with van der Waals surface area (Å²) in [5.41, 5.74) is 1.29. The summed E-state index contributed by atoms with van der Waals surface area (Å²) in [5, 5.41) is 2.65. The van der Waals surface area contributed by atoms with Crippen LogP contribution in [0.4, 0.5) is 10.1 Å². The number of hydrogen-bond donors (Lipinski definition) is 1. The minimum Gasteiger partial charge on any atom is -0.350 e. The van der Waals surface area contributed by atoms with Crippen molar-refractivity contribution in [3.8, 4) is 0 Å². The predicted octanol–water partition coefficient (Wildman–Crippen LogP) is 5.70. The molecule has 0 heterocycles. The van der Waals surface area contributed by atoms with E-state index in [1.54, 1.807) is 25.1 Å². The largest absolute Gasteiger partial charge is 0.350 e. The van der Waals surface area contributed by atoms with Gasteiger partial charge in [-0.1, -0.05) is 66.6 Å².